The summed E-state index contributed by atoms with van der Waals surface area (Å²) in [7, 11) is 1.32. The van der Waals surface area contributed by atoms with Crippen LogP contribution in [0, 0.1) is 0 Å². The van der Waals surface area contributed by atoms with Crippen molar-refractivity contribution < 1.29 is 14.3 Å². The first kappa shape index (κ1) is 11.9. The van der Waals surface area contributed by atoms with E-state index in [0.717, 1.165) is 6.42 Å². The fourth-order valence-electron chi connectivity index (χ4n) is 1.08. The monoisotopic (exact) mass is 228 g/mol. The summed E-state index contributed by atoms with van der Waals surface area (Å²) >= 11 is 5.90. The molecule has 1 aromatic carbocycles. The van der Waals surface area contributed by atoms with Gasteiger partial charge >= 0.3 is 5.97 Å². The minimum Gasteiger partial charge on any atom is -0.494 e. The zero-order chi connectivity index (χ0) is 11.3. The van der Waals surface area contributed by atoms with E-state index in [1.54, 1.807) is 18.2 Å². The Morgan fingerprint density at radius 2 is 2.20 bits per heavy atom. The molecule has 0 aliphatic heterocycles. The van der Waals surface area contributed by atoms with E-state index in [9.17, 15) is 4.79 Å². The average Bonchev–Trinajstić information content (AvgIpc) is 2.25. The van der Waals surface area contributed by atoms with Gasteiger partial charge in [0, 0.05) is 0 Å². The van der Waals surface area contributed by atoms with Crippen LogP contribution < -0.4 is 4.74 Å². The first-order chi connectivity index (χ1) is 7.19. The van der Waals surface area contributed by atoms with Crippen LogP contribution in [0.2, 0.25) is 5.02 Å². The highest BCUT2D eigenvalue weighted by Crippen LogP contribution is 2.23. The van der Waals surface area contributed by atoms with Crippen molar-refractivity contribution in [1.82, 2.24) is 0 Å². The van der Waals surface area contributed by atoms with Crippen LogP contribution in [0.4, 0.5) is 0 Å². The van der Waals surface area contributed by atoms with Crippen LogP contribution in [-0.4, -0.2) is 19.7 Å². The first-order valence-corrected chi connectivity index (χ1v) is 5.07. The summed E-state index contributed by atoms with van der Waals surface area (Å²) in [6.45, 7) is 2.65. The molecule has 0 radical (unpaired) electrons. The molecule has 3 nitrogen and oxygen atoms in total. The number of hydrogen-bond donors (Lipinski definition) is 0. The topological polar surface area (TPSA) is 35.5 Å². The predicted octanol–water partition coefficient (Wildman–Crippen LogP) is 2.92. The quantitative estimate of drug-likeness (QED) is 0.744. The van der Waals surface area contributed by atoms with Crippen LogP contribution in [0.3, 0.4) is 0 Å². The predicted molar refractivity (Wildman–Crippen MR) is 58.6 cm³/mol. The van der Waals surface area contributed by atoms with Crippen molar-refractivity contribution in [2.45, 2.75) is 13.3 Å². The molecule has 0 spiro atoms. The number of carbonyl (C=O) groups is 1. The van der Waals surface area contributed by atoms with Gasteiger partial charge in [-0.25, -0.2) is 4.79 Å². The van der Waals surface area contributed by atoms with E-state index in [2.05, 4.69) is 4.74 Å². The molecule has 0 N–H and O–H groups in total. The smallest absolute Gasteiger partial charge is 0.339 e. The molecule has 0 saturated carbocycles. The Kier molecular flexibility index (Phi) is 4.43. The van der Waals surface area contributed by atoms with Crippen LogP contribution in [0.1, 0.15) is 23.7 Å². The largest absolute Gasteiger partial charge is 0.494 e. The molecule has 0 amide bonds. The van der Waals surface area contributed by atoms with Crippen LogP contribution in [0.25, 0.3) is 0 Å². The van der Waals surface area contributed by atoms with E-state index in [1.165, 1.54) is 7.11 Å². The summed E-state index contributed by atoms with van der Waals surface area (Å²) in [5.41, 5.74) is 0.350. The second-order valence-corrected chi connectivity index (χ2v) is 3.39. The number of esters is 1. The van der Waals surface area contributed by atoms with Gasteiger partial charge in [0.1, 0.15) is 5.75 Å². The summed E-state index contributed by atoms with van der Waals surface area (Å²) < 4.78 is 9.94. The second kappa shape index (κ2) is 5.61. The standard InChI is InChI=1S/C11H13ClO3/c1-3-6-15-8-4-5-9(10(12)7-8)11(13)14-2/h4-5,7H,3,6H2,1-2H3. The van der Waals surface area contributed by atoms with E-state index in [-0.39, 0.29) is 0 Å². The fourth-order valence-corrected chi connectivity index (χ4v) is 1.33. The van der Waals surface area contributed by atoms with Gasteiger partial charge in [0.05, 0.1) is 24.3 Å². The van der Waals surface area contributed by atoms with Gasteiger partial charge in [-0.2, -0.15) is 0 Å². The van der Waals surface area contributed by atoms with Crippen LogP contribution in [-0.2, 0) is 4.74 Å². The van der Waals surface area contributed by atoms with E-state index in [4.69, 9.17) is 16.3 Å². The van der Waals surface area contributed by atoms with E-state index >= 15 is 0 Å². The summed E-state index contributed by atoms with van der Waals surface area (Å²) in [5, 5.41) is 0.343. The molecular weight excluding hydrogens is 216 g/mol. The van der Waals surface area contributed by atoms with Crippen LogP contribution in [0.5, 0.6) is 5.75 Å². The lowest BCUT2D eigenvalue weighted by Gasteiger charge is -2.06. The zero-order valence-corrected chi connectivity index (χ0v) is 9.50. The number of benzene rings is 1. The van der Waals surface area contributed by atoms with Crippen molar-refractivity contribution in [3.8, 4) is 5.75 Å². The summed E-state index contributed by atoms with van der Waals surface area (Å²) in [5.74, 6) is 0.219. The highest BCUT2D eigenvalue weighted by atomic mass is 35.5. The number of methoxy groups -OCH3 is 1. The Bertz CT molecular complexity index is 350. The Balaban J connectivity index is 2.83. The van der Waals surface area contributed by atoms with Crippen molar-refractivity contribution in [2.75, 3.05) is 13.7 Å². The molecule has 4 heteroatoms. The molecule has 15 heavy (non-hydrogen) atoms. The molecule has 1 aromatic rings. The van der Waals surface area contributed by atoms with Gasteiger partial charge in [0.2, 0.25) is 0 Å². The highest BCUT2D eigenvalue weighted by molar-refractivity contribution is 6.33. The van der Waals surface area contributed by atoms with Crippen molar-refractivity contribution in [3.63, 3.8) is 0 Å². The number of ether oxygens (including phenoxy) is 2. The molecule has 1 rings (SSSR count). The van der Waals surface area contributed by atoms with Crippen molar-refractivity contribution in [3.05, 3.63) is 28.8 Å². The van der Waals surface area contributed by atoms with Gasteiger partial charge in [-0.1, -0.05) is 18.5 Å². The summed E-state index contributed by atoms with van der Waals surface area (Å²) in [6, 6.07) is 4.91. The van der Waals surface area contributed by atoms with Gasteiger partial charge in [-0.3, -0.25) is 0 Å². The van der Waals surface area contributed by atoms with Gasteiger partial charge in [0.15, 0.2) is 0 Å². The Morgan fingerprint density at radius 1 is 1.47 bits per heavy atom. The minimum atomic E-state index is -0.443. The molecule has 0 saturated heterocycles. The molecular formula is C11H13ClO3. The number of carbonyl (C=O) groups excluding carboxylic acids is 1. The SMILES string of the molecule is CCCOc1ccc(C(=O)OC)c(Cl)c1. The Hall–Kier alpha value is -1.22. The van der Waals surface area contributed by atoms with E-state index in [0.29, 0.717) is 22.9 Å². The van der Waals surface area contributed by atoms with Crippen molar-refractivity contribution in [2.24, 2.45) is 0 Å². The Labute approximate surface area is 93.9 Å². The van der Waals surface area contributed by atoms with Crippen molar-refractivity contribution >= 4 is 17.6 Å². The normalized spacial score (nSPS) is 9.80. The Morgan fingerprint density at radius 3 is 2.73 bits per heavy atom. The fraction of sp³-hybridized carbons (Fsp3) is 0.364. The maximum absolute atomic E-state index is 11.2. The third-order valence-electron chi connectivity index (χ3n) is 1.82. The molecule has 0 bridgehead atoms. The van der Waals surface area contributed by atoms with Gasteiger partial charge < -0.3 is 9.47 Å². The van der Waals surface area contributed by atoms with Gasteiger partial charge in [-0.15, -0.1) is 0 Å². The van der Waals surface area contributed by atoms with Crippen molar-refractivity contribution in [1.29, 1.82) is 0 Å². The van der Waals surface area contributed by atoms with E-state index < -0.39 is 5.97 Å². The third kappa shape index (κ3) is 3.13. The molecule has 0 fully saturated rings. The lowest BCUT2D eigenvalue weighted by molar-refractivity contribution is 0.0601. The molecule has 82 valence electrons. The van der Waals surface area contributed by atoms with Crippen LogP contribution >= 0.6 is 11.6 Å². The molecule has 0 atom stereocenters. The maximum atomic E-state index is 11.2. The molecule has 0 aliphatic carbocycles. The molecule has 0 heterocycles. The van der Waals surface area contributed by atoms with E-state index in [1.807, 2.05) is 6.92 Å². The number of halogens is 1. The molecule has 0 aliphatic rings. The molecule has 0 unspecified atom stereocenters. The lowest BCUT2D eigenvalue weighted by atomic mass is 10.2. The zero-order valence-electron chi connectivity index (χ0n) is 8.75. The molecule has 0 aromatic heterocycles. The van der Waals surface area contributed by atoms with Gasteiger partial charge in [0.25, 0.3) is 0 Å². The van der Waals surface area contributed by atoms with Crippen LogP contribution in [0.15, 0.2) is 18.2 Å². The first-order valence-electron chi connectivity index (χ1n) is 4.69. The summed E-state index contributed by atoms with van der Waals surface area (Å²) in [4.78, 5) is 11.2. The lowest BCUT2D eigenvalue weighted by Crippen LogP contribution is -2.02. The summed E-state index contributed by atoms with van der Waals surface area (Å²) in [6.07, 6.45) is 0.927. The third-order valence-corrected chi connectivity index (χ3v) is 2.13. The maximum Gasteiger partial charge on any atom is 0.339 e. The minimum absolute atomic E-state index is 0.343. The second-order valence-electron chi connectivity index (χ2n) is 2.98. The number of rotatable bonds is 4. The highest BCUT2D eigenvalue weighted by Gasteiger charge is 2.10. The number of hydrogen-bond acceptors (Lipinski definition) is 3. The van der Waals surface area contributed by atoms with Gasteiger partial charge in [-0.05, 0) is 24.6 Å². The average molecular weight is 229 g/mol.